The molecule has 0 atom stereocenters. The van der Waals surface area contributed by atoms with Crippen LogP contribution in [-0.4, -0.2) is 32.9 Å². The first-order valence-corrected chi connectivity index (χ1v) is 8.65. The standard InChI is InChI=1S/C15H26N2O2S/c1-5-7-10-17(6-2)20(18,19)15-11-14(12-16-4)9-8-13(15)3/h8-9,11,16H,5-7,10,12H2,1-4H3. The van der Waals surface area contributed by atoms with Crippen LogP contribution in [0.25, 0.3) is 0 Å². The van der Waals surface area contributed by atoms with Gasteiger partial charge in [0.15, 0.2) is 0 Å². The zero-order valence-electron chi connectivity index (χ0n) is 12.9. The van der Waals surface area contributed by atoms with E-state index in [1.807, 2.05) is 33.0 Å². The molecule has 0 spiro atoms. The smallest absolute Gasteiger partial charge is 0.243 e. The molecule has 1 aromatic carbocycles. The van der Waals surface area contributed by atoms with Crippen LogP contribution in [0.5, 0.6) is 0 Å². The zero-order chi connectivity index (χ0) is 15.2. The molecule has 0 fully saturated rings. The first-order valence-electron chi connectivity index (χ1n) is 7.21. The highest BCUT2D eigenvalue weighted by Crippen LogP contribution is 2.21. The molecule has 0 aliphatic rings. The van der Waals surface area contributed by atoms with Crippen molar-refractivity contribution in [2.75, 3.05) is 20.1 Å². The van der Waals surface area contributed by atoms with Crippen molar-refractivity contribution in [3.8, 4) is 0 Å². The molecular weight excluding hydrogens is 272 g/mol. The van der Waals surface area contributed by atoms with Gasteiger partial charge in [-0.15, -0.1) is 0 Å². The summed E-state index contributed by atoms with van der Waals surface area (Å²) in [6.45, 7) is 7.58. The third-order valence-electron chi connectivity index (χ3n) is 3.37. The van der Waals surface area contributed by atoms with Gasteiger partial charge < -0.3 is 5.32 Å². The van der Waals surface area contributed by atoms with Crippen LogP contribution < -0.4 is 5.32 Å². The Morgan fingerprint density at radius 3 is 2.50 bits per heavy atom. The number of benzene rings is 1. The predicted octanol–water partition coefficient (Wildman–Crippen LogP) is 2.53. The number of nitrogens with zero attached hydrogens (tertiary/aromatic N) is 1. The summed E-state index contributed by atoms with van der Waals surface area (Å²) in [5.41, 5.74) is 1.79. The highest BCUT2D eigenvalue weighted by atomic mass is 32.2. The third kappa shape index (κ3) is 4.04. The Balaban J connectivity index is 3.15. The van der Waals surface area contributed by atoms with Gasteiger partial charge >= 0.3 is 0 Å². The van der Waals surface area contributed by atoms with Crippen molar-refractivity contribution < 1.29 is 8.42 Å². The first kappa shape index (κ1) is 17.1. The lowest BCUT2D eigenvalue weighted by atomic mass is 10.1. The SMILES string of the molecule is CCCCN(CC)S(=O)(=O)c1cc(CNC)ccc1C. The van der Waals surface area contributed by atoms with E-state index in [4.69, 9.17) is 0 Å². The van der Waals surface area contributed by atoms with E-state index in [-0.39, 0.29) is 0 Å². The molecule has 0 aromatic heterocycles. The molecule has 1 aromatic rings. The van der Waals surface area contributed by atoms with Crippen molar-refractivity contribution in [2.24, 2.45) is 0 Å². The fourth-order valence-electron chi connectivity index (χ4n) is 2.16. The van der Waals surface area contributed by atoms with Crippen molar-refractivity contribution in [2.45, 2.75) is 45.1 Å². The van der Waals surface area contributed by atoms with E-state index in [0.29, 0.717) is 24.5 Å². The lowest BCUT2D eigenvalue weighted by Gasteiger charge is -2.21. The number of hydrogen-bond donors (Lipinski definition) is 1. The molecule has 0 aliphatic carbocycles. The third-order valence-corrected chi connectivity index (χ3v) is 5.48. The zero-order valence-corrected chi connectivity index (χ0v) is 13.8. The van der Waals surface area contributed by atoms with Crippen LogP contribution in [0.4, 0.5) is 0 Å². The van der Waals surface area contributed by atoms with E-state index in [1.165, 1.54) is 0 Å². The van der Waals surface area contributed by atoms with Gasteiger partial charge in [0.25, 0.3) is 0 Å². The molecule has 0 amide bonds. The molecule has 0 aliphatic heterocycles. The first-order chi connectivity index (χ1) is 9.47. The van der Waals surface area contributed by atoms with Gasteiger partial charge in [0.1, 0.15) is 0 Å². The average Bonchev–Trinajstić information content (AvgIpc) is 2.41. The Kier molecular flexibility index (Phi) is 6.65. The second kappa shape index (κ2) is 7.76. The van der Waals surface area contributed by atoms with E-state index in [2.05, 4.69) is 12.2 Å². The minimum atomic E-state index is -3.39. The van der Waals surface area contributed by atoms with Crippen molar-refractivity contribution in [1.29, 1.82) is 0 Å². The van der Waals surface area contributed by atoms with Gasteiger partial charge in [0.2, 0.25) is 10.0 Å². The number of rotatable bonds is 8. The minimum Gasteiger partial charge on any atom is -0.316 e. The summed E-state index contributed by atoms with van der Waals surface area (Å²) in [6.07, 6.45) is 1.88. The van der Waals surface area contributed by atoms with E-state index in [1.54, 1.807) is 10.4 Å². The maximum Gasteiger partial charge on any atom is 0.243 e. The molecule has 0 heterocycles. The van der Waals surface area contributed by atoms with Crippen LogP contribution in [0.3, 0.4) is 0 Å². The number of hydrogen-bond acceptors (Lipinski definition) is 3. The predicted molar refractivity (Wildman–Crippen MR) is 83.3 cm³/mol. The van der Waals surface area contributed by atoms with E-state index < -0.39 is 10.0 Å². The van der Waals surface area contributed by atoms with Crippen LogP contribution in [0.15, 0.2) is 23.1 Å². The molecule has 0 bridgehead atoms. The van der Waals surface area contributed by atoms with Gasteiger partial charge in [-0.2, -0.15) is 4.31 Å². The summed E-state index contributed by atoms with van der Waals surface area (Å²) in [5, 5.41) is 3.05. The largest absolute Gasteiger partial charge is 0.316 e. The number of nitrogens with one attached hydrogen (secondary N) is 1. The molecule has 4 nitrogen and oxygen atoms in total. The van der Waals surface area contributed by atoms with E-state index >= 15 is 0 Å². The summed E-state index contributed by atoms with van der Waals surface area (Å²) >= 11 is 0. The average molecular weight is 298 g/mol. The lowest BCUT2D eigenvalue weighted by molar-refractivity contribution is 0.418. The second-order valence-corrected chi connectivity index (χ2v) is 6.89. The number of sulfonamides is 1. The van der Waals surface area contributed by atoms with Crippen molar-refractivity contribution in [1.82, 2.24) is 9.62 Å². The van der Waals surface area contributed by atoms with Crippen molar-refractivity contribution in [3.05, 3.63) is 29.3 Å². The summed E-state index contributed by atoms with van der Waals surface area (Å²) in [5.74, 6) is 0. The fraction of sp³-hybridized carbons (Fsp3) is 0.600. The number of unbranched alkanes of at least 4 members (excludes halogenated alkanes) is 1. The Morgan fingerprint density at radius 2 is 1.95 bits per heavy atom. The Bertz CT molecular complexity index is 527. The summed E-state index contributed by atoms with van der Waals surface area (Å²) in [6, 6.07) is 5.64. The van der Waals surface area contributed by atoms with Crippen LogP contribution >= 0.6 is 0 Å². The van der Waals surface area contributed by atoms with Gasteiger partial charge in [-0.1, -0.05) is 32.4 Å². The summed E-state index contributed by atoms with van der Waals surface area (Å²) in [4.78, 5) is 0.434. The quantitative estimate of drug-likeness (QED) is 0.802. The van der Waals surface area contributed by atoms with Gasteiger partial charge in [-0.3, -0.25) is 0 Å². The Hall–Kier alpha value is -0.910. The topological polar surface area (TPSA) is 49.4 Å². The molecule has 1 rings (SSSR count). The molecule has 0 saturated carbocycles. The normalized spacial score (nSPS) is 12.1. The molecule has 1 N–H and O–H groups in total. The highest BCUT2D eigenvalue weighted by molar-refractivity contribution is 7.89. The molecule has 20 heavy (non-hydrogen) atoms. The molecule has 0 saturated heterocycles. The highest BCUT2D eigenvalue weighted by Gasteiger charge is 2.24. The maximum atomic E-state index is 12.8. The molecule has 114 valence electrons. The van der Waals surface area contributed by atoms with Crippen molar-refractivity contribution >= 4 is 10.0 Å². The summed E-state index contributed by atoms with van der Waals surface area (Å²) < 4.78 is 27.1. The van der Waals surface area contributed by atoms with Crippen LogP contribution in [-0.2, 0) is 16.6 Å². The maximum absolute atomic E-state index is 12.8. The Labute approximate surface area is 123 Å². The van der Waals surface area contributed by atoms with Gasteiger partial charge in [-0.25, -0.2) is 8.42 Å². The lowest BCUT2D eigenvalue weighted by Crippen LogP contribution is -2.32. The minimum absolute atomic E-state index is 0.434. The molecule has 0 radical (unpaired) electrons. The second-order valence-electron chi connectivity index (χ2n) is 4.98. The van der Waals surface area contributed by atoms with Gasteiger partial charge in [0, 0.05) is 19.6 Å². The molecular formula is C15H26N2O2S. The monoisotopic (exact) mass is 298 g/mol. The summed E-state index contributed by atoms with van der Waals surface area (Å²) in [7, 11) is -1.53. The fourth-order valence-corrected chi connectivity index (χ4v) is 3.92. The van der Waals surface area contributed by atoms with Crippen molar-refractivity contribution in [3.63, 3.8) is 0 Å². The number of aryl methyl sites for hydroxylation is 1. The van der Waals surface area contributed by atoms with Crippen LogP contribution in [0.1, 0.15) is 37.8 Å². The Morgan fingerprint density at radius 1 is 1.25 bits per heavy atom. The van der Waals surface area contributed by atoms with E-state index in [9.17, 15) is 8.42 Å². The van der Waals surface area contributed by atoms with Gasteiger partial charge in [0.05, 0.1) is 4.90 Å². The van der Waals surface area contributed by atoms with Crippen LogP contribution in [0.2, 0.25) is 0 Å². The molecule has 0 unspecified atom stereocenters. The molecule has 5 heteroatoms. The van der Waals surface area contributed by atoms with Crippen LogP contribution in [0, 0.1) is 6.92 Å². The van der Waals surface area contributed by atoms with E-state index in [0.717, 1.165) is 24.0 Å². The van der Waals surface area contributed by atoms with Gasteiger partial charge in [-0.05, 0) is 37.6 Å².